The summed E-state index contributed by atoms with van der Waals surface area (Å²) in [5.41, 5.74) is 2.71. The van der Waals surface area contributed by atoms with Crippen LogP contribution in [0.5, 0.6) is 11.5 Å². The fraction of sp³-hybridized carbons (Fsp3) is 0.111. The van der Waals surface area contributed by atoms with Crippen molar-refractivity contribution in [3.63, 3.8) is 0 Å². The Hall–Kier alpha value is -4.33. The summed E-state index contributed by atoms with van der Waals surface area (Å²) in [7, 11) is 0. The molecule has 35 heavy (non-hydrogen) atoms. The predicted octanol–water partition coefficient (Wildman–Crippen LogP) is 5.97. The van der Waals surface area contributed by atoms with E-state index in [1.54, 1.807) is 36.4 Å². The first-order valence-electron chi connectivity index (χ1n) is 10.7. The van der Waals surface area contributed by atoms with Gasteiger partial charge in [0.2, 0.25) is 0 Å². The van der Waals surface area contributed by atoms with Gasteiger partial charge in [-0.25, -0.2) is 5.43 Å². The third kappa shape index (κ3) is 6.83. The predicted molar refractivity (Wildman–Crippen MR) is 127 cm³/mol. The second-order valence-corrected chi connectivity index (χ2v) is 7.65. The molecule has 0 aliphatic rings. The van der Waals surface area contributed by atoms with Gasteiger partial charge in [-0.15, -0.1) is 0 Å². The van der Waals surface area contributed by atoms with Gasteiger partial charge in [-0.2, -0.15) is 18.3 Å². The van der Waals surface area contributed by atoms with E-state index in [4.69, 9.17) is 9.47 Å². The molecule has 0 bridgehead atoms. The first kappa shape index (κ1) is 23.8. The second kappa shape index (κ2) is 10.7. The Balaban J connectivity index is 1.27. The highest BCUT2D eigenvalue weighted by atomic mass is 19.4. The summed E-state index contributed by atoms with van der Waals surface area (Å²) in [6, 6.07) is 25.2. The Morgan fingerprint density at radius 2 is 1.60 bits per heavy atom. The molecule has 8 heteroatoms. The zero-order valence-corrected chi connectivity index (χ0v) is 18.5. The quantitative estimate of drug-likeness (QED) is 0.251. The summed E-state index contributed by atoms with van der Waals surface area (Å²) < 4.78 is 49.7. The lowest BCUT2D eigenvalue weighted by atomic mass is 10.1. The Morgan fingerprint density at radius 1 is 0.829 bits per heavy atom. The summed E-state index contributed by atoms with van der Waals surface area (Å²) >= 11 is 0. The van der Waals surface area contributed by atoms with Crippen LogP contribution < -0.4 is 14.9 Å². The van der Waals surface area contributed by atoms with E-state index in [0.29, 0.717) is 22.6 Å². The van der Waals surface area contributed by atoms with Crippen molar-refractivity contribution >= 4 is 22.9 Å². The monoisotopic (exact) mass is 478 g/mol. The molecule has 0 aromatic heterocycles. The standard InChI is InChI=1S/C27H21F3N2O3/c28-27(29,30)23-9-3-6-20(13-23)17-34-24-10-4-5-19(14-24)16-31-32-26(33)18-35-25-12-11-21-7-1-2-8-22(21)15-25/h1-16H,17-18H2,(H,32,33)/b31-16-. The average Bonchev–Trinajstić information content (AvgIpc) is 2.86. The number of carbonyl (C=O) groups is 1. The van der Waals surface area contributed by atoms with E-state index in [1.165, 1.54) is 12.3 Å². The van der Waals surface area contributed by atoms with Crippen LogP contribution in [0.3, 0.4) is 0 Å². The minimum absolute atomic E-state index is 0.0205. The topological polar surface area (TPSA) is 59.9 Å². The van der Waals surface area contributed by atoms with Crippen LogP contribution in [0.4, 0.5) is 13.2 Å². The van der Waals surface area contributed by atoms with Crippen LogP contribution in [0.2, 0.25) is 0 Å². The Labute approximate surface area is 199 Å². The first-order valence-corrected chi connectivity index (χ1v) is 10.7. The molecule has 0 aliphatic carbocycles. The van der Waals surface area contributed by atoms with Crippen molar-refractivity contribution in [2.45, 2.75) is 12.8 Å². The van der Waals surface area contributed by atoms with Crippen molar-refractivity contribution in [1.29, 1.82) is 0 Å². The minimum Gasteiger partial charge on any atom is -0.489 e. The van der Waals surface area contributed by atoms with Crippen LogP contribution in [0, 0.1) is 0 Å². The summed E-state index contributed by atoms with van der Waals surface area (Å²) in [5.74, 6) is 0.608. The number of fused-ring (bicyclic) bond motifs is 1. The van der Waals surface area contributed by atoms with Crippen molar-refractivity contribution in [3.05, 3.63) is 108 Å². The SMILES string of the molecule is O=C(COc1ccc2ccccc2c1)N/N=C\c1cccc(OCc2cccc(C(F)(F)F)c2)c1. The van der Waals surface area contributed by atoms with Crippen LogP contribution in [-0.2, 0) is 17.6 Å². The van der Waals surface area contributed by atoms with Crippen LogP contribution in [0.25, 0.3) is 10.8 Å². The molecule has 0 atom stereocenters. The van der Waals surface area contributed by atoms with E-state index < -0.39 is 17.6 Å². The Bertz CT molecular complexity index is 1350. The number of rotatable bonds is 8. The average molecular weight is 478 g/mol. The van der Waals surface area contributed by atoms with Gasteiger partial charge in [0.15, 0.2) is 6.61 Å². The van der Waals surface area contributed by atoms with Gasteiger partial charge >= 0.3 is 6.18 Å². The lowest BCUT2D eigenvalue weighted by Gasteiger charge is -2.10. The molecule has 0 saturated carbocycles. The number of ether oxygens (including phenoxy) is 2. The van der Waals surface area contributed by atoms with Gasteiger partial charge in [-0.3, -0.25) is 4.79 Å². The molecule has 4 aromatic carbocycles. The molecule has 178 valence electrons. The van der Waals surface area contributed by atoms with Gasteiger partial charge in [0.1, 0.15) is 18.1 Å². The molecule has 0 saturated heterocycles. The second-order valence-electron chi connectivity index (χ2n) is 7.65. The number of carbonyl (C=O) groups excluding carboxylic acids is 1. The van der Waals surface area contributed by atoms with Crippen LogP contribution in [0.1, 0.15) is 16.7 Å². The molecule has 0 heterocycles. The van der Waals surface area contributed by atoms with Crippen molar-refractivity contribution in [1.82, 2.24) is 5.43 Å². The summed E-state index contributed by atoms with van der Waals surface area (Å²) in [5, 5.41) is 6.01. The third-order valence-electron chi connectivity index (χ3n) is 5.01. The van der Waals surface area contributed by atoms with Crippen LogP contribution >= 0.6 is 0 Å². The number of amides is 1. The number of halogens is 3. The van der Waals surface area contributed by atoms with Crippen LogP contribution in [0.15, 0.2) is 96.1 Å². The molecule has 1 N–H and O–H groups in total. The molecule has 4 rings (SSSR count). The van der Waals surface area contributed by atoms with E-state index in [2.05, 4.69) is 10.5 Å². The number of nitrogens with zero attached hydrogens (tertiary/aromatic N) is 1. The van der Waals surface area contributed by atoms with E-state index >= 15 is 0 Å². The minimum atomic E-state index is -4.41. The van der Waals surface area contributed by atoms with Crippen molar-refractivity contribution in [3.8, 4) is 11.5 Å². The molecule has 0 spiro atoms. The Kier molecular flexibility index (Phi) is 7.30. The molecule has 0 aliphatic heterocycles. The van der Waals surface area contributed by atoms with Gasteiger partial charge in [-0.1, -0.05) is 54.6 Å². The van der Waals surface area contributed by atoms with Crippen molar-refractivity contribution in [2.24, 2.45) is 5.10 Å². The van der Waals surface area contributed by atoms with Crippen LogP contribution in [-0.4, -0.2) is 18.7 Å². The van der Waals surface area contributed by atoms with E-state index in [1.807, 2.05) is 36.4 Å². The van der Waals surface area contributed by atoms with Gasteiger partial charge in [0.05, 0.1) is 11.8 Å². The van der Waals surface area contributed by atoms with E-state index in [-0.39, 0.29) is 13.2 Å². The molecule has 5 nitrogen and oxygen atoms in total. The number of hydrazone groups is 1. The van der Waals surface area contributed by atoms with Gasteiger partial charge < -0.3 is 9.47 Å². The van der Waals surface area contributed by atoms with Crippen molar-refractivity contribution in [2.75, 3.05) is 6.61 Å². The Morgan fingerprint density at radius 3 is 2.43 bits per heavy atom. The maximum atomic E-state index is 12.9. The molecule has 0 unspecified atom stereocenters. The molecule has 4 aromatic rings. The number of hydrogen-bond donors (Lipinski definition) is 1. The summed E-state index contributed by atoms with van der Waals surface area (Å²) in [4.78, 5) is 12.0. The zero-order chi connectivity index (χ0) is 24.7. The largest absolute Gasteiger partial charge is 0.489 e. The fourth-order valence-corrected chi connectivity index (χ4v) is 3.31. The highest BCUT2D eigenvalue weighted by molar-refractivity contribution is 5.85. The fourth-order valence-electron chi connectivity index (χ4n) is 3.31. The lowest BCUT2D eigenvalue weighted by molar-refractivity contribution is -0.137. The molecule has 1 amide bonds. The molecule has 0 radical (unpaired) electrons. The van der Waals surface area contributed by atoms with Gasteiger partial charge in [0, 0.05) is 0 Å². The zero-order valence-electron chi connectivity index (χ0n) is 18.5. The summed E-state index contributed by atoms with van der Waals surface area (Å²) in [6.45, 7) is -0.219. The first-order chi connectivity index (χ1) is 16.9. The van der Waals surface area contributed by atoms with E-state index in [9.17, 15) is 18.0 Å². The maximum Gasteiger partial charge on any atom is 0.416 e. The van der Waals surface area contributed by atoms with Gasteiger partial charge in [0.25, 0.3) is 5.91 Å². The smallest absolute Gasteiger partial charge is 0.416 e. The lowest BCUT2D eigenvalue weighted by Crippen LogP contribution is -2.24. The number of benzene rings is 4. The summed E-state index contributed by atoms with van der Waals surface area (Å²) in [6.07, 6.45) is -2.97. The molecule has 0 fully saturated rings. The van der Waals surface area contributed by atoms with Gasteiger partial charge in [-0.05, 0) is 58.3 Å². The number of nitrogens with one attached hydrogen (secondary N) is 1. The van der Waals surface area contributed by atoms with E-state index in [0.717, 1.165) is 22.9 Å². The number of hydrogen-bond acceptors (Lipinski definition) is 4. The van der Waals surface area contributed by atoms with Crippen molar-refractivity contribution < 1.29 is 27.4 Å². The molecular weight excluding hydrogens is 457 g/mol. The highest BCUT2D eigenvalue weighted by Gasteiger charge is 2.30. The number of alkyl halides is 3. The maximum absolute atomic E-state index is 12.9. The third-order valence-corrected chi connectivity index (χ3v) is 5.01. The molecular formula is C27H21F3N2O3. The normalized spacial score (nSPS) is 11.5. The highest BCUT2D eigenvalue weighted by Crippen LogP contribution is 2.29.